The zero-order chi connectivity index (χ0) is 58.1. The van der Waals surface area contributed by atoms with Crippen LogP contribution in [0.4, 0.5) is 34.1 Å². The molecule has 81 heavy (non-hydrogen) atoms. The molecule has 33 heteroatoms. The number of hydrogen-bond donors (Lipinski definition) is 8. The van der Waals surface area contributed by atoms with E-state index in [0.717, 1.165) is 18.2 Å². The molecule has 0 spiro atoms. The summed E-state index contributed by atoms with van der Waals surface area (Å²) in [6.45, 7) is 0. The molecule has 0 aromatic heterocycles. The molecule has 0 unspecified atom stereocenters. The van der Waals surface area contributed by atoms with Gasteiger partial charge in [0, 0.05) is 37.8 Å². The molecule has 27 nitrogen and oxygen atoms in total. The molecule has 0 saturated heterocycles. The minimum Gasteiger partial charge on any atom is -0.594 e. The number of fused-ring (bicyclic) bond motifs is 2. The first-order valence-electron chi connectivity index (χ1n) is 22.0. The van der Waals surface area contributed by atoms with Crippen molar-refractivity contribution in [3.8, 4) is 11.5 Å². The fraction of sp³-hybridized carbons (Fsp3) is 0. The van der Waals surface area contributed by atoms with Crippen LogP contribution in [-0.4, -0.2) is 69.8 Å². The smallest absolute Gasteiger partial charge is 0.295 e. The first kappa shape index (κ1) is 59.5. The third-order valence-electron chi connectivity index (χ3n) is 11.0. The Morgan fingerprint density at radius 2 is 0.914 bits per heavy atom. The average Bonchev–Trinajstić information content (AvgIpc) is 3.49. The molecule has 0 aliphatic rings. The summed E-state index contributed by atoms with van der Waals surface area (Å²) in [5.41, 5.74) is 0.00542. The summed E-state index contributed by atoms with van der Waals surface area (Å²) in [6, 6.07) is 29.2. The van der Waals surface area contributed by atoms with Gasteiger partial charge in [0.15, 0.2) is 0 Å². The van der Waals surface area contributed by atoms with Gasteiger partial charge >= 0.3 is 0 Å². The van der Waals surface area contributed by atoms with Gasteiger partial charge in [0.25, 0.3) is 30.4 Å². The molecule has 0 bridgehead atoms. The number of nitrogens with zero attached hydrogens (tertiary/aromatic N) is 6. The van der Waals surface area contributed by atoms with Gasteiger partial charge in [0.05, 0.1) is 57.3 Å². The normalized spacial score (nSPS) is 12.8. The Hall–Kier alpha value is -7.62. The summed E-state index contributed by atoms with van der Waals surface area (Å²) >= 11 is 1.61. The maximum Gasteiger partial charge on any atom is 0.295 e. The average molecular weight is 1220 g/mol. The number of azo groups is 3. The second kappa shape index (κ2) is 25.9. The van der Waals surface area contributed by atoms with Crippen molar-refractivity contribution in [2.75, 3.05) is 0 Å². The summed E-state index contributed by atoms with van der Waals surface area (Å²) in [4.78, 5) is -0.797. The largest absolute Gasteiger partial charge is 0.594 e. The quantitative estimate of drug-likeness (QED) is 0.00594. The predicted molar refractivity (Wildman–Crippen MR) is 290 cm³/mol. The van der Waals surface area contributed by atoms with E-state index in [2.05, 4.69) is 53.7 Å². The van der Waals surface area contributed by atoms with Crippen LogP contribution < -0.4 is 0 Å². The Kier molecular flexibility index (Phi) is 19.0. The van der Waals surface area contributed by atoms with Crippen LogP contribution in [-0.2, 0) is 58.5 Å². The fourth-order valence-electron chi connectivity index (χ4n) is 7.42. The van der Waals surface area contributed by atoms with Gasteiger partial charge < -0.3 is 15.4 Å². The SMILES string of the molecule is O=S(=O)(O)c1ccc2c(N=Nc3ccc(/C=C/c4ccc(N=[N+]([O-])c5ccc(/C=C/c6ccc(N=Nc7c(O)ccc8cc(SOOO)ccc78)cc6S(=O)(=O)O)c(SOOO)c5)cc4S(=O)(=O)O)c(SOOO)c3)c(O)ccc2c1. The molecule has 0 atom stereocenters. The van der Waals surface area contributed by atoms with E-state index >= 15 is 0 Å². The predicted octanol–water partition coefficient (Wildman–Crippen LogP) is 13.5. The third-order valence-corrected chi connectivity index (χ3v) is 15.6. The number of benzene rings is 8. The Labute approximate surface area is 469 Å². The van der Waals surface area contributed by atoms with E-state index in [-0.39, 0.29) is 87.2 Å². The molecule has 0 heterocycles. The highest BCUT2D eigenvalue weighted by Crippen LogP contribution is 2.41. The highest BCUT2D eigenvalue weighted by Gasteiger charge is 2.20. The second-order valence-electron chi connectivity index (χ2n) is 16.1. The van der Waals surface area contributed by atoms with Gasteiger partial charge in [-0.05, 0) is 112 Å². The monoisotopic (exact) mass is 1220 g/mol. The van der Waals surface area contributed by atoms with Crippen LogP contribution in [0.15, 0.2) is 188 Å². The van der Waals surface area contributed by atoms with E-state index in [9.17, 15) is 54.3 Å². The van der Waals surface area contributed by atoms with E-state index in [0.29, 0.717) is 62.7 Å². The van der Waals surface area contributed by atoms with Gasteiger partial charge in [-0.2, -0.15) is 35.5 Å². The van der Waals surface area contributed by atoms with Gasteiger partial charge in [0.2, 0.25) is 5.69 Å². The number of hydrogen-bond acceptors (Lipinski definition) is 26. The Bertz CT molecular complexity index is 4240. The van der Waals surface area contributed by atoms with E-state index in [4.69, 9.17) is 15.8 Å². The molecule has 418 valence electrons. The van der Waals surface area contributed by atoms with Gasteiger partial charge in [-0.15, -0.1) is 23.2 Å². The molecule has 8 aromatic carbocycles. The van der Waals surface area contributed by atoms with Crippen LogP contribution in [0.2, 0.25) is 0 Å². The maximum atomic E-state index is 13.5. The number of phenols is 2. The first-order chi connectivity index (χ1) is 38.6. The molecular weight excluding hydrogens is 1190 g/mol. The summed E-state index contributed by atoms with van der Waals surface area (Å²) in [5, 5.41) is 94.0. The first-order valence-corrected chi connectivity index (χ1v) is 28.5. The number of aromatic hydroxyl groups is 2. The van der Waals surface area contributed by atoms with Crippen LogP contribution >= 0.6 is 36.1 Å². The summed E-state index contributed by atoms with van der Waals surface area (Å²) in [7, 11) is -14.4. The van der Waals surface area contributed by atoms with Gasteiger partial charge in [-0.1, -0.05) is 86.7 Å². The standard InChI is InChI=1S/C48H34N6O21S6/c55-41-19-9-31-21-37(76-73-70-58)15-17-39(31)47(41)52-50-34-12-6-29(45(24-34)80(64,65)66)4-2-28-8-14-36(26-44(28)78-75-72-60)54(57)53-35-13-7-30(46(25-35)81(67,68)69)3-1-27-5-11-33(23-43(27)77-74-71-59)49-51-48-40-18-16-38(79(61,62)63)22-32(40)10-20-42(48)56/h1-26,55-56,58-60H,(H,61,62,63)(H,64,65,66)(H,67,68,69)/b3-1+,4-2+,51-49?,52-50?,54-53?. The topological polar surface area (TPSA) is 408 Å². The van der Waals surface area contributed by atoms with Crippen molar-refractivity contribution < 1.29 is 97.9 Å². The Balaban J connectivity index is 1.03. The van der Waals surface area contributed by atoms with E-state index < -0.39 is 40.1 Å². The van der Waals surface area contributed by atoms with Crippen molar-refractivity contribution in [2.45, 2.75) is 29.4 Å². The number of rotatable bonds is 22. The van der Waals surface area contributed by atoms with Gasteiger partial charge in [0.1, 0.15) is 38.4 Å². The lowest BCUT2D eigenvalue weighted by Crippen LogP contribution is -2.01. The zero-order valence-electron chi connectivity index (χ0n) is 40.0. The van der Waals surface area contributed by atoms with Crippen molar-refractivity contribution in [1.82, 2.24) is 0 Å². The van der Waals surface area contributed by atoms with Crippen molar-refractivity contribution in [2.24, 2.45) is 25.6 Å². The van der Waals surface area contributed by atoms with Crippen molar-refractivity contribution >= 4 is 146 Å². The fourth-order valence-corrected chi connectivity index (χ4v) is 10.8. The lowest BCUT2D eigenvalue weighted by molar-refractivity contribution is -0.435. The van der Waals surface area contributed by atoms with Crippen LogP contribution in [0, 0.1) is 5.21 Å². The molecule has 8 aromatic rings. The molecule has 8 rings (SSSR count). The molecule has 0 fully saturated rings. The lowest BCUT2D eigenvalue weighted by Gasteiger charge is -2.08. The zero-order valence-corrected chi connectivity index (χ0v) is 44.9. The minimum atomic E-state index is -5.00. The van der Waals surface area contributed by atoms with E-state index in [1.165, 1.54) is 115 Å². The van der Waals surface area contributed by atoms with Gasteiger partial charge in [-0.3, -0.25) is 13.7 Å². The Morgan fingerprint density at radius 1 is 0.457 bits per heavy atom. The summed E-state index contributed by atoms with van der Waals surface area (Å²) in [6.07, 6.45) is 5.31. The second-order valence-corrected chi connectivity index (χ2v) is 22.5. The number of phenolic OH excluding ortho intramolecular Hbond substituents is 2. The lowest BCUT2D eigenvalue weighted by atomic mass is 10.1. The van der Waals surface area contributed by atoms with Crippen LogP contribution in [0.5, 0.6) is 11.5 Å². The van der Waals surface area contributed by atoms with E-state index in [1.807, 2.05) is 0 Å². The van der Waals surface area contributed by atoms with Crippen LogP contribution in [0.25, 0.3) is 45.8 Å². The van der Waals surface area contributed by atoms with Crippen molar-refractivity contribution in [3.05, 3.63) is 161 Å². The molecule has 0 saturated carbocycles. The maximum absolute atomic E-state index is 13.5. The minimum absolute atomic E-state index is 0.0226. The van der Waals surface area contributed by atoms with Crippen molar-refractivity contribution in [3.63, 3.8) is 0 Å². The Morgan fingerprint density at radius 3 is 1.46 bits per heavy atom. The van der Waals surface area contributed by atoms with Crippen molar-refractivity contribution in [1.29, 1.82) is 0 Å². The van der Waals surface area contributed by atoms with Crippen LogP contribution in [0.1, 0.15) is 22.3 Å². The van der Waals surface area contributed by atoms with Crippen LogP contribution in [0.3, 0.4) is 0 Å². The highest BCUT2D eigenvalue weighted by molar-refractivity contribution is 7.95. The summed E-state index contributed by atoms with van der Waals surface area (Å²) < 4.78 is 118. The molecule has 0 aliphatic carbocycles. The van der Waals surface area contributed by atoms with E-state index in [1.54, 1.807) is 24.3 Å². The third kappa shape index (κ3) is 15.0. The summed E-state index contributed by atoms with van der Waals surface area (Å²) in [5.74, 6) is -0.571. The van der Waals surface area contributed by atoms with Gasteiger partial charge in [-0.25, -0.2) is 15.8 Å². The molecular formula is C48H34N6O21S6. The molecule has 8 N–H and O–H groups in total. The molecule has 0 radical (unpaired) electrons. The molecule has 0 aliphatic heterocycles. The highest BCUT2D eigenvalue weighted by atomic mass is 32.2. The molecule has 0 amide bonds.